The highest BCUT2D eigenvalue weighted by Crippen LogP contribution is 2.58. The van der Waals surface area contributed by atoms with Crippen LogP contribution in [0.5, 0.6) is 0 Å². The molecule has 0 spiro atoms. The Balaban J connectivity index is 2.37. The molecule has 0 bridgehead atoms. The number of hydrogen-bond donors (Lipinski definition) is 0. The molecule has 5 heteroatoms. The van der Waals surface area contributed by atoms with Gasteiger partial charge in [0.05, 0.1) is 40.4 Å². The number of hydrogen-bond acceptors (Lipinski definition) is 0. The average Bonchev–Trinajstić information content (AvgIpc) is 3.10. The van der Waals surface area contributed by atoms with Gasteiger partial charge in [0.1, 0.15) is 0 Å². The monoisotopic (exact) mass is 474 g/mol. The smallest absolute Gasteiger partial charge is 0.0618 e. The minimum absolute atomic E-state index is 1.31. The fourth-order valence-electron chi connectivity index (χ4n) is 4.34. The van der Waals surface area contributed by atoms with Gasteiger partial charge in [0, 0.05) is 0 Å². The van der Waals surface area contributed by atoms with E-state index < -0.39 is 40.4 Å². The van der Waals surface area contributed by atoms with Crippen LogP contribution in [0, 0.1) is 58.9 Å². The van der Waals surface area contributed by atoms with E-state index in [1.54, 1.807) is 33.2 Å². The van der Waals surface area contributed by atoms with E-state index >= 15 is 0 Å². The van der Waals surface area contributed by atoms with E-state index in [0.717, 1.165) is 0 Å². The zero-order chi connectivity index (χ0) is 22.8. The summed E-state index contributed by atoms with van der Waals surface area (Å²) < 4.78 is 0. The van der Waals surface area contributed by atoms with Crippen molar-refractivity contribution in [2.45, 2.75) is 91.7 Å². The largest absolute Gasteiger partial charge is 0.0691 e. The third-order valence-corrected chi connectivity index (χ3v) is 18.6. The van der Waals surface area contributed by atoms with Crippen molar-refractivity contribution < 1.29 is 0 Å². The maximum Gasteiger partial charge on any atom is 0.0618 e. The zero-order valence-electron chi connectivity index (χ0n) is 21.8. The lowest BCUT2D eigenvalue weighted by molar-refractivity contribution is 1.25. The first kappa shape index (κ1) is 26.3. The first-order valence-corrected chi connectivity index (χ1v) is 28.3. The molecular formula is C24H46Si5. The second kappa shape index (κ2) is 8.14. The lowest BCUT2D eigenvalue weighted by Crippen LogP contribution is -2.48. The van der Waals surface area contributed by atoms with Crippen LogP contribution in [0.15, 0.2) is 0 Å². The summed E-state index contributed by atoms with van der Waals surface area (Å²) in [5, 5.41) is 0. The third kappa shape index (κ3) is 5.72. The molecule has 0 aromatic carbocycles. The Morgan fingerprint density at radius 1 is 0.345 bits per heavy atom. The number of rotatable bonds is 6. The topological polar surface area (TPSA) is 0 Å². The van der Waals surface area contributed by atoms with Crippen LogP contribution in [-0.4, -0.2) is 40.4 Å². The van der Waals surface area contributed by atoms with Gasteiger partial charge >= 0.3 is 0 Å². The van der Waals surface area contributed by atoms with Crippen molar-refractivity contribution >= 4 is 40.4 Å². The van der Waals surface area contributed by atoms with Gasteiger partial charge in [0.15, 0.2) is 0 Å². The second-order valence-electron chi connectivity index (χ2n) is 13.8. The van der Waals surface area contributed by atoms with E-state index in [1.165, 1.54) is 0 Å². The van der Waals surface area contributed by atoms with Crippen LogP contribution in [0.25, 0.3) is 0 Å². The van der Waals surface area contributed by atoms with Gasteiger partial charge in [-0.2, -0.15) is 0 Å². The van der Waals surface area contributed by atoms with E-state index in [0.29, 0.717) is 0 Å². The van der Waals surface area contributed by atoms with Gasteiger partial charge in [-0.25, -0.2) is 0 Å². The molecule has 0 heterocycles. The highest BCUT2D eigenvalue weighted by molar-refractivity contribution is 6.97. The Morgan fingerprint density at radius 3 is 0.931 bits per heavy atom. The van der Waals surface area contributed by atoms with Crippen LogP contribution in [0.1, 0.15) is 0 Å². The molecule has 0 aliphatic heterocycles. The molecule has 2 fully saturated rings. The molecule has 10 radical (unpaired) electrons. The van der Waals surface area contributed by atoms with Crippen LogP contribution in [0.2, 0.25) is 91.7 Å². The molecular weight excluding hydrogens is 429 g/mol. The molecule has 0 saturated heterocycles. The fraction of sp³-hybridized carbons (Fsp3) is 0.583. The van der Waals surface area contributed by atoms with Crippen molar-refractivity contribution in [3.05, 3.63) is 58.9 Å². The van der Waals surface area contributed by atoms with Gasteiger partial charge in [-0.15, -0.1) is 0 Å². The lowest BCUT2D eigenvalue weighted by atomic mass is 10.3. The Hall–Kier alpha value is 1.08. The van der Waals surface area contributed by atoms with Crippen LogP contribution in [-0.2, 0) is 0 Å². The molecule has 2 saturated carbocycles. The van der Waals surface area contributed by atoms with E-state index in [2.05, 4.69) is 117 Å². The summed E-state index contributed by atoms with van der Waals surface area (Å²) in [4.78, 5) is 0. The molecule has 2 aliphatic rings. The molecule has 0 amide bonds. The summed E-state index contributed by atoms with van der Waals surface area (Å²) in [5.74, 6) is 0. The van der Waals surface area contributed by atoms with Crippen molar-refractivity contribution in [3.8, 4) is 0 Å². The van der Waals surface area contributed by atoms with Gasteiger partial charge in [0.25, 0.3) is 0 Å². The molecule has 0 unspecified atom stereocenters. The van der Waals surface area contributed by atoms with Gasteiger partial charge < -0.3 is 0 Å². The standard InChI is InChI=1S/C24H46Si5/c1-25(2,3)19-15-23(28(10,11)12)24(16-19)29(13,14)20-17-21(26(4,5)6)22(18-20)27(7,8)9/h15-18H,1-14H3. The zero-order valence-corrected chi connectivity index (χ0v) is 26.8. The first-order valence-electron chi connectivity index (χ1n) is 11.3. The van der Waals surface area contributed by atoms with Crippen molar-refractivity contribution in [1.29, 1.82) is 0 Å². The highest BCUT2D eigenvalue weighted by atomic mass is 28.3. The van der Waals surface area contributed by atoms with Crippen LogP contribution in [0.4, 0.5) is 0 Å². The van der Waals surface area contributed by atoms with Crippen molar-refractivity contribution in [3.63, 3.8) is 0 Å². The Bertz CT molecular complexity index is 548. The molecule has 162 valence electrons. The predicted octanol–water partition coefficient (Wildman–Crippen LogP) is 7.57. The van der Waals surface area contributed by atoms with E-state index in [4.69, 9.17) is 0 Å². The van der Waals surface area contributed by atoms with E-state index in [1.807, 2.05) is 0 Å². The molecule has 2 aliphatic carbocycles. The molecule has 29 heavy (non-hydrogen) atoms. The van der Waals surface area contributed by atoms with Crippen LogP contribution < -0.4 is 0 Å². The third-order valence-electron chi connectivity index (χ3n) is 6.46. The minimum atomic E-state index is -1.73. The van der Waals surface area contributed by atoms with Gasteiger partial charge in [0.2, 0.25) is 0 Å². The van der Waals surface area contributed by atoms with Gasteiger partial charge in [-0.05, 0) is 58.9 Å². The SMILES string of the molecule is C[Si](C)(C)[C]1[CH][C]([Si](C)(C)C)[C]([Si](C)(C)[C]2[CH][C]([Si](C)(C)C)[C]([Si](C)(C)C)[CH]2)[CH]1. The molecule has 0 atom stereocenters. The summed E-state index contributed by atoms with van der Waals surface area (Å²) in [6.45, 7) is 35.6. The molecule has 0 N–H and O–H groups in total. The first-order chi connectivity index (χ1) is 12.7. The minimum Gasteiger partial charge on any atom is -0.0691 e. The van der Waals surface area contributed by atoms with Crippen molar-refractivity contribution in [2.75, 3.05) is 0 Å². The van der Waals surface area contributed by atoms with Crippen LogP contribution in [0.3, 0.4) is 0 Å². The second-order valence-corrected chi connectivity index (χ2v) is 38.3. The average molecular weight is 475 g/mol. The quantitative estimate of drug-likeness (QED) is 0.348. The summed E-state index contributed by atoms with van der Waals surface area (Å²) in [6.07, 6.45) is 10.7. The molecule has 2 rings (SSSR count). The Morgan fingerprint density at radius 2 is 0.621 bits per heavy atom. The van der Waals surface area contributed by atoms with Gasteiger partial charge in [-0.1, -0.05) is 91.7 Å². The van der Waals surface area contributed by atoms with E-state index in [-0.39, 0.29) is 0 Å². The fourth-order valence-corrected chi connectivity index (χ4v) is 17.4. The van der Waals surface area contributed by atoms with Gasteiger partial charge in [-0.3, -0.25) is 0 Å². The van der Waals surface area contributed by atoms with Crippen molar-refractivity contribution in [2.24, 2.45) is 0 Å². The molecule has 0 aromatic heterocycles. The Labute approximate surface area is 190 Å². The summed E-state index contributed by atoms with van der Waals surface area (Å²) in [5.41, 5.74) is 10.4. The molecule has 0 nitrogen and oxygen atoms in total. The lowest BCUT2D eigenvalue weighted by Gasteiger charge is -2.42. The van der Waals surface area contributed by atoms with Crippen molar-refractivity contribution in [1.82, 2.24) is 0 Å². The summed E-state index contributed by atoms with van der Waals surface area (Å²) in [6, 6.07) is 0. The molecule has 0 aromatic rings. The highest BCUT2D eigenvalue weighted by Gasteiger charge is 2.58. The summed E-state index contributed by atoms with van der Waals surface area (Å²) >= 11 is 0. The predicted molar refractivity (Wildman–Crippen MR) is 148 cm³/mol. The van der Waals surface area contributed by atoms with E-state index in [9.17, 15) is 0 Å². The maximum atomic E-state index is 2.68. The Kier molecular flexibility index (Phi) is 7.39. The normalized spacial score (nSPS) is 24.2. The summed E-state index contributed by atoms with van der Waals surface area (Å²) in [7, 11) is -7.13. The van der Waals surface area contributed by atoms with Crippen LogP contribution >= 0.6 is 0 Å². The maximum absolute atomic E-state index is 2.68.